The maximum absolute atomic E-state index is 9.75. The van der Waals surface area contributed by atoms with Crippen LogP contribution in [0.2, 0.25) is 0 Å². The van der Waals surface area contributed by atoms with Crippen LogP contribution in [0.1, 0.15) is 60.3 Å². The highest BCUT2D eigenvalue weighted by Crippen LogP contribution is 2.38. The Labute approximate surface area is 146 Å². The Kier molecular flexibility index (Phi) is 6.44. The van der Waals surface area contributed by atoms with E-state index in [2.05, 4.69) is 38.0 Å². The van der Waals surface area contributed by atoms with E-state index < -0.39 is 7.25 Å². The molecule has 1 aliphatic heterocycles. The zero-order valence-corrected chi connectivity index (χ0v) is 15.0. The zero-order valence-electron chi connectivity index (χ0n) is 15.0. The molecule has 1 aromatic rings. The first-order chi connectivity index (χ1) is 11.7. The molecule has 1 unspecified atom stereocenters. The van der Waals surface area contributed by atoms with E-state index in [0.717, 1.165) is 5.92 Å². The molecule has 2 nitrogen and oxygen atoms in total. The summed E-state index contributed by atoms with van der Waals surface area (Å²) in [6, 6.07) is 2.37. The molecule has 1 atom stereocenters. The van der Waals surface area contributed by atoms with Gasteiger partial charge in [-0.15, -0.1) is 0 Å². The summed E-state index contributed by atoms with van der Waals surface area (Å²) in [6.07, 6.45) is 13.0. The van der Waals surface area contributed by atoms with Gasteiger partial charge in [-0.3, -0.25) is 0 Å². The Hall–Kier alpha value is -1.63. The third-order valence-corrected chi connectivity index (χ3v) is 4.89. The predicted octanol–water partition coefficient (Wildman–Crippen LogP) is 4.99. The van der Waals surface area contributed by atoms with Crippen LogP contribution in [0.4, 0.5) is 23.0 Å². The van der Waals surface area contributed by atoms with Crippen molar-refractivity contribution in [3.63, 3.8) is 0 Å². The molecule has 0 bridgehead atoms. The second-order valence-electron chi connectivity index (χ2n) is 6.80. The average molecular weight is 356 g/mol. The minimum absolute atomic E-state index is 0.769. The van der Waals surface area contributed by atoms with E-state index in [1.165, 1.54) is 59.4 Å². The van der Waals surface area contributed by atoms with Crippen molar-refractivity contribution in [2.45, 2.75) is 58.8 Å². The minimum atomic E-state index is -6.00. The topological polar surface area (TPSA) is 16.8 Å². The van der Waals surface area contributed by atoms with Crippen molar-refractivity contribution >= 4 is 19.3 Å². The smallest absolute Gasteiger partial charge is 0.418 e. The van der Waals surface area contributed by atoms with Gasteiger partial charge in [0.2, 0.25) is 0 Å². The second-order valence-corrected chi connectivity index (χ2v) is 6.80. The molecule has 3 rings (SSSR count). The van der Waals surface area contributed by atoms with E-state index in [9.17, 15) is 17.3 Å². The van der Waals surface area contributed by atoms with E-state index >= 15 is 0 Å². The molecule has 0 radical (unpaired) electrons. The summed E-state index contributed by atoms with van der Waals surface area (Å²) in [4.78, 5) is 5.52. The molecule has 7 heteroatoms. The highest BCUT2D eigenvalue weighted by atomic mass is 19.5. The molecule has 1 N–H and O–H groups in total. The summed E-state index contributed by atoms with van der Waals surface area (Å²) < 4.78 is 39.0. The number of aliphatic imine (C=N–C) groups is 1. The molecular formula is C18H25BF4N2. The molecule has 1 fully saturated rings. The summed E-state index contributed by atoms with van der Waals surface area (Å²) in [6.45, 7) is 6.83. The molecule has 1 heterocycles. The average Bonchev–Trinajstić information content (AvgIpc) is 3.00. The summed E-state index contributed by atoms with van der Waals surface area (Å²) in [5.41, 5.74) is 7.38. The van der Waals surface area contributed by atoms with Crippen LogP contribution in [0.15, 0.2) is 23.5 Å². The number of halogens is 4. The monoisotopic (exact) mass is 356 g/mol. The largest absolute Gasteiger partial charge is 0.673 e. The fourth-order valence-corrected chi connectivity index (χ4v) is 4.10. The van der Waals surface area contributed by atoms with E-state index in [-0.39, 0.29) is 0 Å². The van der Waals surface area contributed by atoms with Gasteiger partial charge in [0.05, 0.1) is 6.20 Å². The van der Waals surface area contributed by atoms with Crippen molar-refractivity contribution in [3.05, 3.63) is 40.7 Å². The van der Waals surface area contributed by atoms with Gasteiger partial charge in [-0.2, -0.15) is 0 Å². The summed E-state index contributed by atoms with van der Waals surface area (Å²) >= 11 is 0. The van der Waals surface area contributed by atoms with Crippen LogP contribution >= 0.6 is 0 Å². The minimum Gasteiger partial charge on any atom is -0.418 e. The fraction of sp³-hybridized carbons (Fsp3) is 0.500. The Morgan fingerprint density at radius 2 is 1.60 bits per heavy atom. The molecule has 0 saturated heterocycles. The lowest BCUT2D eigenvalue weighted by Gasteiger charge is -2.27. The van der Waals surface area contributed by atoms with Gasteiger partial charge in [0.1, 0.15) is 11.9 Å². The lowest BCUT2D eigenvalue weighted by Crippen LogP contribution is -3.00. The first kappa shape index (κ1) is 19.7. The van der Waals surface area contributed by atoms with Gasteiger partial charge in [0, 0.05) is 11.1 Å². The van der Waals surface area contributed by atoms with Crippen molar-refractivity contribution in [1.29, 1.82) is 0 Å². The summed E-state index contributed by atoms with van der Waals surface area (Å²) in [5.74, 6) is 0.769. The zero-order chi connectivity index (χ0) is 18.6. The molecule has 0 aromatic heterocycles. The van der Waals surface area contributed by atoms with E-state index in [0.29, 0.717) is 0 Å². The van der Waals surface area contributed by atoms with Gasteiger partial charge in [0.25, 0.3) is 0 Å². The summed E-state index contributed by atoms with van der Waals surface area (Å²) in [5, 5.41) is 0. The van der Waals surface area contributed by atoms with Crippen molar-refractivity contribution in [2.75, 3.05) is 0 Å². The molecular weight excluding hydrogens is 331 g/mol. The van der Waals surface area contributed by atoms with Crippen LogP contribution in [0.5, 0.6) is 0 Å². The van der Waals surface area contributed by atoms with Gasteiger partial charge in [-0.05, 0) is 50.7 Å². The number of nitrogens with one attached hydrogen (secondary N) is 1. The van der Waals surface area contributed by atoms with Crippen molar-refractivity contribution in [1.82, 2.24) is 0 Å². The molecule has 0 spiro atoms. The first-order valence-electron chi connectivity index (χ1n) is 8.73. The number of quaternary nitrogens is 1. The molecule has 1 aliphatic carbocycles. The van der Waals surface area contributed by atoms with Crippen LogP contribution in [0.3, 0.4) is 0 Å². The third-order valence-electron chi connectivity index (χ3n) is 4.89. The quantitative estimate of drug-likeness (QED) is 0.568. The van der Waals surface area contributed by atoms with Gasteiger partial charge in [0.15, 0.2) is 6.34 Å². The number of benzene rings is 1. The van der Waals surface area contributed by atoms with E-state index in [1.807, 2.05) is 12.5 Å². The highest BCUT2D eigenvalue weighted by molar-refractivity contribution is 6.50. The summed E-state index contributed by atoms with van der Waals surface area (Å²) in [7, 11) is -6.00. The SMILES string of the molecule is Cc1cc(C)c([NH+]2C=CN=C2)c(C)c1C1CCCCC1.F[B-](F)(F)F. The molecule has 0 amide bonds. The maximum Gasteiger partial charge on any atom is 0.673 e. The van der Waals surface area contributed by atoms with Crippen LogP contribution in [0, 0.1) is 20.8 Å². The molecule has 138 valence electrons. The Morgan fingerprint density at radius 1 is 1.00 bits per heavy atom. The Bertz CT molecular complexity index is 644. The predicted molar refractivity (Wildman–Crippen MR) is 94.9 cm³/mol. The lowest BCUT2D eigenvalue weighted by atomic mass is 9.79. The standard InChI is InChI=1S/C18H24N2.BF4/c1-13-11-14(2)18(20-10-9-19-12-20)15(3)17(13)16-7-5-4-6-8-16;2-1(3,4)5/h9-12,16H,4-8H2,1-3H3;/q;-1/p+1. The number of rotatable bonds is 2. The Balaban J connectivity index is 0.000000399. The van der Waals surface area contributed by atoms with Crippen LogP contribution in [-0.4, -0.2) is 13.6 Å². The fourth-order valence-electron chi connectivity index (χ4n) is 4.10. The van der Waals surface area contributed by atoms with Crippen molar-refractivity contribution in [3.8, 4) is 0 Å². The van der Waals surface area contributed by atoms with Crippen molar-refractivity contribution in [2.24, 2.45) is 4.99 Å². The van der Waals surface area contributed by atoms with Gasteiger partial charge in [-0.25, -0.2) is 9.89 Å². The maximum atomic E-state index is 9.75. The number of hydrogen-bond acceptors (Lipinski definition) is 1. The van der Waals surface area contributed by atoms with Gasteiger partial charge < -0.3 is 17.3 Å². The number of hydrogen-bond donors (Lipinski definition) is 1. The Morgan fingerprint density at radius 3 is 2.12 bits per heavy atom. The number of nitrogens with zero attached hydrogens (tertiary/aromatic N) is 1. The third kappa shape index (κ3) is 5.43. The molecule has 1 aromatic carbocycles. The molecule has 1 saturated carbocycles. The van der Waals surface area contributed by atoms with Crippen LogP contribution in [-0.2, 0) is 0 Å². The van der Waals surface area contributed by atoms with Gasteiger partial charge in [-0.1, -0.05) is 25.3 Å². The van der Waals surface area contributed by atoms with Crippen molar-refractivity contribution < 1.29 is 22.2 Å². The van der Waals surface area contributed by atoms with E-state index in [1.54, 1.807) is 5.56 Å². The normalized spacial score (nSPS) is 20.5. The van der Waals surface area contributed by atoms with E-state index in [4.69, 9.17) is 0 Å². The lowest BCUT2D eigenvalue weighted by molar-refractivity contribution is -0.655. The van der Waals surface area contributed by atoms with Gasteiger partial charge >= 0.3 is 7.25 Å². The number of aryl methyl sites for hydroxylation is 2. The second kappa shape index (κ2) is 8.17. The van der Waals surface area contributed by atoms with Crippen LogP contribution in [0.25, 0.3) is 0 Å². The first-order valence-corrected chi connectivity index (χ1v) is 8.73. The highest BCUT2D eigenvalue weighted by Gasteiger charge is 2.25. The van der Waals surface area contributed by atoms with Crippen LogP contribution < -0.4 is 4.90 Å². The molecule has 2 aliphatic rings. The molecule has 25 heavy (non-hydrogen) atoms.